The molecule has 0 heterocycles. The summed E-state index contributed by atoms with van der Waals surface area (Å²) in [7, 11) is -3.05. The lowest BCUT2D eigenvalue weighted by molar-refractivity contribution is -0.384. The van der Waals surface area contributed by atoms with Crippen molar-refractivity contribution in [2.45, 2.75) is 20.3 Å². The number of rotatable bonds is 8. The Morgan fingerprint density at radius 1 is 1.16 bits per heavy atom. The molecule has 106 valence electrons. The van der Waals surface area contributed by atoms with E-state index in [0.29, 0.717) is 19.6 Å². The largest absolute Gasteiger partial charge is 0.330 e. The van der Waals surface area contributed by atoms with Gasteiger partial charge < -0.3 is 9.05 Å². The molecule has 0 saturated heterocycles. The summed E-state index contributed by atoms with van der Waals surface area (Å²) in [5, 5.41) is 10.5. The Hall–Kier alpha value is -1.23. The van der Waals surface area contributed by atoms with E-state index in [9.17, 15) is 14.7 Å². The average Bonchev–Trinajstić information content (AvgIpc) is 2.37. The topological polar surface area (TPSA) is 78.7 Å². The molecule has 0 aromatic heterocycles. The third-order valence-electron chi connectivity index (χ3n) is 2.47. The summed E-state index contributed by atoms with van der Waals surface area (Å²) in [5.41, 5.74) is 0.909. The van der Waals surface area contributed by atoms with Crippen molar-refractivity contribution in [2.24, 2.45) is 0 Å². The number of nitro groups is 1. The molecule has 0 aliphatic heterocycles. The van der Waals surface area contributed by atoms with Gasteiger partial charge in [-0.25, -0.2) is 0 Å². The predicted octanol–water partition coefficient (Wildman–Crippen LogP) is 3.40. The molecular formula is C12H18NO5P. The number of benzene rings is 1. The minimum atomic E-state index is -3.05. The molecule has 0 atom stereocenters. The first kappa shape index (κ1) is 15.8. The fourth-order valence-corrected chi connectivity index (χ4v) is 3.26. The van der Waals surface area contributed by atoms with Crippen LogP contribution in [0, 0.1) is 10.1 Å². The van der Waals surface area contributed by atoms with Gasteiger partial charge in [0.05, 0.1) is 24.3 Å². The van der Waals surface area contributed by atoms with Crippen LogP contribution in [0.5, 0.6) is 0 Å². The van der Waals surface area contributed by atoms with E-state index in [1.54, 1.807) is 26.0 Å². The van der Waals surface area contributed by atoms with Gasteiger partial charge in [-0.15, -0.1) is 0 Å². The monoisotopic (exact) mass is 287 g/mol. The van der Waals surface area contributed by atoms with Crippen LogP contribution in [0.1, 0.15) is 19.4 Å². The molecule has 0 radical (unpaired) electrons. The van der Waals surface area contributed by atoms with Crippen molar-refractivity contribution in [3.05, 3.63) is 39.9 Å². The SMILES string of the molecule is CCOP(=O)(CCc1ccc([N+](=O)[O-])cc1)OCC. The lowest BCUT2D eigenvalue weighted by atomic mass is 10.1. The maximum Gasteiger partial charge on any atom is 0.330 e. The molecule has 19 heavy (non-hydrogen) atoms. The number of non-ortho nitro benzene ring substituents is 1. The highest BCUT2D eigenvalue weighted by molar-refractivity contribution is 7.53. The summed E-state index contributed by atoms with van der Waals surface area (Å²) in [6.07, 6.45) is 0.766. The van der Waals surface area contributed by atoms with Crippen molar-refractivity contribution in [3.8, 4) is 0 Å². The van der Waals surface area contributed by atoms with Gasteiger partial charge in [-0.3, -0.25) is 14.7 Å². The molecule has 1 aromatic carbocycles. The molecule has 1 aromatic rings. The second-order valence-electron chi connectivity index (χ2n) is 3.84. The molecule has 6 nitrogen and oxygen atoms in total. The van der Waals surface area contributed by atoms with E-state index in [1.807, 2.05) is 0 Å². The highest BCUT2D eigenvalue weighted by Crippen LogP contribution is 2.48. The molecule has 1 rings (SSSR count). The maximum absolute atomic E-state index is 12.2. The smallest absolute Gasteiger partial charge is 0.309 e. The van der Waals surface area contributed by atoms with Gasteiger partial charge in [0, 0.05) is 12.1 Å². The third-order valence-corrected chi connectivity index (χ3v) is 4.55. The third kappa shape index (κ3) is 5.11. The van der Waals surface area contributed by atoms with Crippen molar-refractivity contribution >= 4 is 13.3 Å². The zero-order valence-corrected chi connectivity index (χ0v) is 12.0. The summed E-state index contributed by atoms with van der Waals surface area (Å²) in [6, 6.07) is 6.17. The van der Waals surface area contributed by atoms with Crippen molar-refractivity contribution in [1.82, 2.24) is 0 Å². The minimum absolute atomic E-state index is 0.0431. The van der Waals surface area contributed by atoms with Crippen molar-refractivity contribution in [3.63, 3.8) is 0 Å². The lowest BCUT2D eigenvalue weighted by Gasteiger charge is -2.16. The van der Waals surface area contributed by atoms with Crippen LogP contribution < -0.4 is 0 Å². The van der Waals surface area contributed by atoms with Crippen LogP contribution >= 0.6 is 7.60 Å². The second kappa shape index (κ2) is 7.38. The molecule has 0 spiro atoms. The van der Waals surface area contributed by atoms with E-state index in [0.717, 1.165) is 5.56 Å². The molecule has 0 amide bonds. The Labute approximate surface area is 112 Å². The molecule has 0 aliphatic rings. The summed E-state index contributed by atoms with van der Waals surface area (Å²) in [6.45, 7) is 4.18. The Morgan fingerprint density at radius 3 is 2.11 bits per heavy atom. The Morgan fingerprint density at radius 2 is 1.68 bits per heavy atom. The number of nitro benzene ring substituents is 1. The van der Waals surface area contributed by atoms with E-state index >= 15 is 0 Å². The summed E-state index contributed by atoms with van der Waals surface area (Å²) < 4.78 is 22.6. The summed E-state index contributed by atoms with van der Waals surface area (Å²) in [4.78, 5) is 10.1. The van der Waals surface area contributed by atoms with Gasteiger partial charge in [0.2, 0.25) is 0 Å². The lowest BCUT2D eigenvalue weighted by Crippen LogP contribution is -2.02. The van der Waals surface area contributed by atoms with Crippen molar-refractivity contribution < 1.29 is 18.5 Å². The zero-order valence-electron chi connectivity index (χ0n) is 11.1. The molecule has 0 unspecified atom stereocenters. The zero-order chi connectivity index (χ0) is 14.3. The fourth-order valence-electron chi connectivity index (χ4n) is 1.61. The first-order chi connectivity index (χ1) is 9.00. The van der Waals surface area contributed by atoms with Gasteiger partial charge in [-0.2, -0.15) is 0 Å². The molecule has 0 fully saturated rings. The van der Waals surface area contributed by atoms with E-state index < -0.39 is 12.5 Å². The van der Waals surface area contributed by atoms with Gasteiger partial charge in [-0.1, -0.05) is 12.1 Å². The van der Waals surface area contributed by atoms with Gasteiger partial charge in [0.1, 0.15) is 0 Å². The van der Waals surface area contributed by atoms with Crippen LogP contribution in [-0.4, -0.2) is 24.3 Å². The first-order valence-corrected chi connectivity index (χ1v) is 7.85. The highest BCUT2D eigenvalue weighted by Gasteiger charge is 2.23. The molecule has 0 N–H and O–H groups in total. The van der Waals surface area contributed by atoms with Gasteiger partial charge in [0.25, 0.3) is 5.69 Å². The second-order valence-corrected chi connectivity index (χ2v) is 6.03. The van der Waals surface area contributed by atoms with Crippen molar-refractivity contribution in [2.75, 3.05) is 19.4 Å². The Balaban J connectivity index is 2.64. The molecular weight excluding hydrogens is 269 g/mol. The first-order valence-electron chi connectivity index (χ1n) is 6.12. The van der Waals surface area contributed by atoms with E-state index in [2.05, 4.69) is 0 Å². The summed E-state index contributed by atoms with van der Waals surface area (Å²) >= 11 is 0. The van der Waals surface area contributed by atoms with Crippen LogP contribution in [0.2, 0.25) is 0 Å². The van der Waals surface area contributed by atoms with Gasteiger partial charge in [0.15, 0.2) is 0 Å². The van der Waals surface area contributed by atoms with Crippen molar-refractivity contribution in [1.29, 1.82) is 0 Å². The quantitative estimate of drug-likeness (QED) is 0.416. The average molecular weight is 287 g/mol. The highest BCUT2D eigenvalue weighted by atomic mass is 31.2. The predicted molar refractivity (Wildman–Crippen MR) is 72.5 cm³/mol. The minimum Gasteiger partial charge on any atom is -0.309 e. The normalized spacial score (nSPS) is 11.5. The van der Waals surface area contributed by atoms with E-state index in [-0.39, 0.29) is 11.8 Å². The fraction of sp³-hybridized carbons (Fsp3) is 0.500. The van der Waals surface area contributed by atoms with Crippen LogP contribution in [0.15, 0.2) is 24.3 Å². The Bertz CT molecular complexity index is 450. The van der Waals surface area contributed by atoms with E-state index in [1.165, 1.54) is 12.1 Å². The van der Waals surface area contributed by atoms with Crippen LogP contribution in [0.4, 0.5) is 5.69 Å². The standard InChI is InChI=1S/C12H18NO5P/c1-3-17-19(16,18-4-2)10-9-11-5-7-12(8-6-11)13(14)15/h5-8H,3-4,9-10H2,1-2H3. The summed E-state index contributed by atoms with van der Waals surface area (Å²) in [5.74, 6) is 0. The number of nitrogens with zero attached hydrogens (tertiary/aromatic N) is 1. The van der Waals surface area contributed by atoms with E-state index in [4.69, 9.17) is 9.05 Å². The van der Waals surface area contributed by atoms with Crippen LogP contribution in [-0.2, 0) is 20.0 Å². The molecule has 0 saturated carbocycles. The Kier molecular flexibility index (Phi) is 6.15. The molecule has 0 aliphatic carbocycles. The van der Waals surface area contributed by atoms with Crippen LogP contribution in [0.25, 0.3) is 0 Å². The number of aryl methyl sites for hydroxylation is 1. The number of hydrogen-bond acceptors (Lipinski definition) is 5. The molecule has 0 bridgehead atoms. The number of hydrogen-bond donors (Lipinski definition) is 0. The maximum atomic E-state index is 12.2. The van der Waals surface area contributed by atoms with Gasteiger partial charge >= 0.3 is 7.60 Å². The molecule has 7 heteroatoms. The van der Waals surface area contributed by atoms with Gasteiger partial charge in [-0.05, 0) is 25.8 Å². The van der Waals surface area contributed by atoms with Crippen LogP contribution in [0.3, 0.4) is 0 Å².